The number of rotatable bonds is 2. The molecule has 0 saturated carbocycles. The number of aromatic nitrogens is 5. The van der Waals surface area contributed by atoms with E-state index in [-0.39, 0.29) is 5.95 Å². The minimum Gasteiger partial charge on any atom is -0.374 e. The molecule has 1 aromatic carbocycles. The Labute approximate surface area is 120 Å². The summed E-state index contributed by atoms with van der Waals surface area (Å²) in [6.45, 7) is 2.03. The fourth-order valence-corrected chi connectivity index (χ4v) is 1.96. The van der Waals surface area contributed by atoms with Crippen molar-refractivity contribution in [3.8, 4) is 11.4 Å². The SMILES string of the molecule is CCc1nnc(N)s1.Nc1n[nH]c(-c2ccccc2)n1. The Morgan fingerprint density at radius 1 is 1.15 bits per heavy atom. The lowest BCUT2D eigenvalue weighted by Crippen LogP contribution is -1.85. The van der Waals surface area contributed by atoms with E-state index in [4.69, 9.17) is 11.5 Å². The van der Waals surface area contributed by atoms with Crippen LogP contribution in [-0.4, -0.2) is 25.4 Å². The molecule has 0 bridgehead atoms. The maximum atomic E-state index is 5.36. The number of aryl methyl sites for hydroxylation is 1. The van der Waals surface area contributed by atoms with E-state index >= 15 is 0 Å². The molecule has 3 aromatic rings. The van der Waals surface area contributed by atoms with Crippen LogP contribution in [0.2, 0.25) is 0 Å². The second kappa shape index (κ2) is 6.62. The molecular formula is C12H15N7S. The first-order chi connectivity index (χ1) is 9.69. The number of anilines is 2. The molecular weight excluding hydrogens is 274 g/mol. The van der Waals surface area contributed by atoms with Gasteiger partial charge in [0.2, 0.25) is 11.1 Å². The van der Waals surface area contributed by atoms with Crippen LogP contribution < -0.4 is 11.5 Å². The molecule has 5 N–H and O–H groups in total. The van der Waals surface area contributed by atoms with Crippen LogP contribution in [0.25, 0.3) is 11.4 Å². The van der Waals surface area contributed by atoms with Crippen molar-refractivity contribution in [1.29, 1.82) is 0 Å². The molecule has 0 unspecified atom stereocenters. The highest BCUT2D eigenvalue weighted by Crippen LogP contribution is 2.13. The van der Waals surface area contributed by atoms with Gasteiger partial charge in [-0.1, -0.05) is 48.6 Å². The smallest absolute Gasteiger partial charge is 0.239 e. The molecule has 0 saturated heterocycles. The van der Waals surface area contributed by atoms with Crippen LogP contribution in [0.15, 0.2) is 30.3 Å². The second-order valence-electron chi connectivity index (χ2n) is 3.80. The minimum absolute atomic E-state index is 0.272. The number of nitrogens with one attached hydrogen (secondary N) is 1. The molecule has 2 heterocycles. The zero-order valence-corrected chi connectivity index (χ0v) is 11.8. The highest BCUT2D eigenvalue weighted by Gasteiger charge is 2.00. The topological polar surface area (TPSA) is 119 Å². The van der Waals surface area contributed by atoms with Gasteiger partial charge in [-0.05, 0) is 6.42 Å². The Kier molecular flexibility index (Phi) is 4.61. The number of benzene rings is 1. The van der Waals surface area contributed by atoms with Gasteiger partial charge in [0.15, 0.2) is 5.82 Å². The molecule has 0 aliphatic heterocycles. The number of nitrogen functional groups attached to an aromatic ring is 2. The van der Waals surface area contributed by atoms with Crippen molar-refractivity contribution in [3.63, 3.8) is 0 Å². The first kappa shape index (κ1) is 13.9. The number of hydrogen-bond donors (Lipinski definition) is 3. The van der Waals surface area contributed by atoms with Gasteiger partial charge in [-0.2, -0.15) is 4.98 Å². The molecule has 0 atom stereocenters. The Balaban J connectivity index is 0.000000160. The van der Waals surface area contributed by atoms with E-state index in [2.05, 4.69) is 25.4 Å². The Bertz CT molecular complexity index is 647. The van der Waals surface area contributed by atoms with Crippen LogP contribution in [-0.2, 0) is 6.42 Å². The predicted octanol–water partition coefficient (Wildman–Crippen LogP) is 1.74. The van der Waals surface area contributed by atoms with Gasteiger partial charge in [0.25, 0.3) is 0 Å². The maximum absolute atomic E-state index is 5.36. The summed E-state index contributed by atoms with van der Waals surface area (Å²) >= 11 is 1.44. The third kappa shape index (κ3) is 3.75. The van der Waals surface area contributed by atoms with Gasteiger partial charge in [-0.25, -0.2) is 0 Å². The molecule has 20 heavy (non-hydrogen) atoms. The van der Waals surface area contributed by atoms with Crippen LogP contribution in [0, 0.1) is 0 Å². The average Bonchev–Trinajstić information content (AvgIpc) is 3.09. The normalized spacial score (nSPS) is 9.85. The molecule has 7 nitrogen and oxygen atoms in total. The Hall–Kier alpha value is -2.48. The van der Waals surface area contributed by atoms with Gasteiger partial charge >= 0.3 is 0 Å². The molecule has 8 heteroatoms. The quantitative estimate of drug-likeness (QED) is 0.661. The van der Waals surface area contributed by atoms with Crippen molar-refractivity contribution in [2.75, 3.05) is 11.5 Å². The maximum Gasteiger partial charge on any atom is 0.239 e. The zero-order valence-electron chi connectivity index (χ0n) is 10.9. The largest absolute Gasteiger partial charge is 0.374 e. The first-order valence-electron chi connectivity index (χ1n) is 6.00. The molecule has 0 aliphatic rings. The van der Waals surface area contributed by atoms with E-state index in [1.54, 1.807) is 0 Å². The highest BCUT2D eigenvalue weighted by atomic mass is 32.1. The van der Waals surface area contributed by atoms with E-state index in [9.17, 15) is 0 Å². The molecule has 0 spiro atoms. The number of nitrogens with two attached hydrogens (primary N) is 2. The summed E-state index contributed by atoms with van der Waals surface area (Å²) in [5.41, 5.74) is 11.6. The zero-order chi connectivity index (χ0) is 14.4. The molecule has 2 aromatic heterocycles. The lowest BCUT2D eigenvalue weighted by Gasteiger charge is -1.91. The summed E-state index contributed by atoms with van der Waals surface area (Å²) in [4.78, 5) is 3.99. The van der Waals surface area contributed by atoms with E-state index in [1.807, 2.05) is 37.3 Å². The van der Waals surface area contributed by atoms with Crippen LogP contribution in [0.5, 0.6) is 0 Å². The van der Waals surface area contributed by atoms with Crippen molar-refractivity contribution in [2.45, 2.75) is 13.3 Å². The first-order valence-corrected chi connectivity index (χ1v) is 6.82. The predicted molar refractivity (Wildman–Crippen MR) is 79.9 cm³/mol. The number of H-pyrrole nitrogens is 1. The lowest BCUT2D eigenvalue weighted by molar-refractivity contribution is 0.988. The molecule has 0 fully saturated rings. The number of nitrogens with zero attached hydrogens (tertiary/aromatic N) is 4. The van der Waals surface area contributed by atoms with Crippen LogP contribution >= 0.6 is 11.3 Å². The van der Waals surface area contributed by atoms with E-state index in [0.29, 0.717) is 11.0 Å². The van der Waals surface area contributed by atoms with Crippen molar-refractivity contribution in [2.24, 2.45) is 0 Å². The van der Waals surface area contributed by atoms with E-state index in [0.717, 1.165) is 17.0 Å². The Morgan fingerprint density at radius 2 is 1.90 bits per heavy atom. The summed E-state index contributed by atoms with van der Waals surface area (Å²) < 4.78 is 0. The minimum atomic E-state index is 0.272. The molecule has 0 aliphatic carbocycles. The summed E-state index contributed by atoms with van der Waals surface area (Å²) in [6.07, 6.45) is 0.925. The van der Waals surface area contributed by atoms with Crippen molar-refractivity contribution < 1.29 is 0 Å². The van der Waals surface area contributed by atoms with E-state index < -0.39 is 0 Å². The van der Waals surface area contributed by atoms with Crippen molar-refractivity contribution >= 4 is 22.4 Å². The third-order valence-electron chi connectivity index (χ3n) is 2.33. The standard InChI is InChI=1S/C8H8N4.C4H7N3S/c9-8-10-7(11-12-8)6-4-2-1-3-5-6;1-2-3-6-7-4(5)8-3/h1-5H,(H3,9,10,11,12);2H2,1H3,(H2,5,7). The molecule has 0 amide bonds. The average molecular weight is 289 g/mol. The summed E-state index contributed by atoms with van der Waals surface area (Å²) in [7, 11) is 0. The summed E-state index contributed by atoms with van der Waals surface area (Å²) in [5.74, 6) is 0.974. The van der Waals surface area contributed by atoms with Gasteiger partial charge in [-0.15, -0.1) is 15.3 Å². The van der Waals surface area contributed by atoms with Gasteiger partial charge in [0.05, 0.1) is 0 Å². The molecule has 0 radical (unpaired) electrons. The lowest BCUT2D eigenvalue weighted by atomic mass is 10.2. The van der Waals surface area contributed by atoms with Gasteiger partial charge in [0, 0.05) is 5.56 Å². The van der Waals surface area contributed by atoms with Gasteiger partial charge < -0.3 is 11.5 Å². The summed E-state index contributed by atoms with van der Waals surface area (Å²) in [6, 6.07) is 9.71. The van der Waals surface area contributed by atoms with Crippen LogP contribution in [0.1, 0.15) is 11.9 Å². The van der Waals surface area contributed by atoms with E-state index in [1.165, 1.54) is 11.3 Å². The van der Waals surface area contributed by atoms with Crippen molar-refractivity contribution in [3.05, 3.63) is 35.3 Å². The number of hydrogen-bond acceptors (Lipinski definition) is 7. The van der Waals surface area contributed by atoms with Crippen LogP contribution in [0.4, 0.5) is 11.1 Å². The molecule has 3 rings (SSSR count). The van der Waals surface area contributed by atoms with Crippen molar-refractivity contribution in [1.82, 2.24) is 25.4 Å². The molecule has 104 valence electrons. The monoisotopic (exact) mass is 289 g/mol. The number of aromatic amines is 1. The van der Waals surface area contributed by atoms with Crippen LogP contribution in [0.3, 0.4) is 0 Å². The van der Waals surface area contributed by atoms with Gasteiger partial charge in [-0.3, -0.25) is 5.10 Å². The fourth-order valence-electron chi connectivity index (χ4n) is 1.41. The Morgan fingerprint density at radius 3 is 2.35 bits per heavy atom. The second-order valence-corrected chi connectivity index (χ2v) is 4.89. The third-order valence-corrected chi connectivity index (χ3v) is 3.23. The van der Waals surface area contributed by atoms with Gasteiger partial charge in [0.1, 0.15) is 5.01 Å². The fraction of sp³-hybridized carbons (Fsp3) is 0.167. The highest BCUT2D eigenvalue weighted by molar-refractivity contribution is 7.15. The summed E-state index contributed by atoms with van der Waals surface area (Å²) in [5, 5.41) is 15.4.